The van der Waals surface area contributed by atoms with Gasteiger partial charge in [0.1, 0.15) is 0 Å². The van der Waals surface area contributed by atoms with Gasteiger partial charge < -0.3 is 10.1 Å². The molecule has 1 saturated heterocycles. The first-order valence-corrected chi connectivity index (χ1v) is 10.4. The lowest BCUT2D eigenvalue weighted by Crippen LogP contribution is -2.43. The number of nitrogens with one attached hydrogen (secondary N) is 1. The van der Waals surface area contributed by atoms with Crippen LogP contribution >= 0.6 is 0 Å². The van der Waals surface area contributed by atoms with Crippen LogP contribution in [0, 0.1) is 6.92 Å². The summed E-state index contributed by atoms with van der Waals surface area (Å²) in [5.41, 5.74) is 4.94. The number of benzene rings is 2. The largest absolute Gasteiger partial charge is 0.379 e. The molecule has 0 saturated carbocycles. The van der Waals surface area contributed by atoms with Crippen LogP contribution < -0.4 is 5.32 Å². The Bertz CT molecular complexity index is 734. The summed E-state index contributed by atoms with van der Waals surface area (Å²) in [5.74, 6) is 0.110. The first kappa shape index (κ1) is 20.6. The normalized spacial score (nSPS) is 15.9. The Morgan fingerprint density at radius 3 is 2.32 bits per heavy atom. The van der Waals surface area contributed by atoms with E-state index in [1.54, 1.807) is 0 Å². The molecule has 3 rings (SSSR count). The summed E-state index contributed by atoms with van der Waals surface area (Å²) < 4.78 is 5.46. The van der Waals surface area contributed by atoms with Crippen LogP contribution in [0.4, 0.5) is 0 Å². The first-order valence-electron chi connectivity index (χ1n) is 10.4. The van der Waals surface area contributed by atoms with E-state index in [4.69, 9.17) is 4.74 Å². The van der Waals surface area contributed by atoms with Crippen LogP contribution in [0.15, 0.2) is 48.5 Å². The molecule has 2 aromatic rings. The third kappa shape index (κ3) is 6.18. The third-order valence-electron chi connectivity index (χ3n) is 5.43. The van der Waals surface area contributed by atoms with Gasteiger partial charge in [-0.05, 0) is 36.5 Å². The number of nitrogens with zero attached hydrogens (tertiary/aromatic N) is 1. The summed E-state index contributed by atoms with van der Waals surface area (Å²) in [5, 5.41) is 3.27. The molecule has 0 radical (unpaired) electrons. The van der Waals surface area contributed by atoms with Gasteiger partial charge in [-0.3, -0.25) is 9.69 Å². The smallest absolute Gasteiger partial charge is 0.220 e. The van der Waals surface area contributed by atoms with E-state index in [0.29, 0.717) is 6.42 Å². The van der Waals surface area contributed by atoms with E-state index >= 15 is 0 Å². The van der Waals surface area contributed by atoms with Crippen LogP contribution in [-0.2, 0) is 22.4 Å². The molecule has 1 atom stereocenters. The van der Waals surface area contributed by atoms with Crippen molar-refractivity contribution in [3.63, 3.8) is 0 Å². The van der Waals surface area contributed by atoms with Crippen molar-refractivity contribution in [1.29, 1.82) is 0 Å². The molecule has 1 aliphatic rings. The number of rotatable bonds is 8. The molecule has 1 aliphatic heterocycles. The Morgan fingerprint density at radius 1 is 1.04 bits per heavy atom. The molecule has 1 fully saturated rings. The second-order valence-corrected chi connectivity index (χ2v) is 7.61. The minimum atomic E-state index is 0.00803. The molecule has 150 valence electrons. The highest BCUT2D eigenvalue weighted by Gasteiger charge is 2.20. The van der Waals surface area contributed by atoms with Crippen LogP contribution in [-0.4, -0.2) is 43.7 Å². The average Bonchev–Trinajstić information content (AvgIpc) is 2.73. The maximum Gasteiger partial charge on any atom is 0.220 e. The standard InChI is InChI=1S/C24H32N2O2/c1-3-20-6-8-21(9-7-20)10-13-24(27)25-23(18-26-14-16-28-17-15-26)22-11-4-19(2)5-12-22/h4-9,11-12,23H,3,10,13-18H2,1-2H3,(H,25,27). The molecule has 28 heavy (non-hydrogen) atoms. The molecule has 1 unspecified atom stereocenters. The summed E-state index contributed by atoms with van der Waals surface area (Å²) in [4.78, 5) is 15.1. The van der Waals surface area contributed by atoms with Gasteiger partial charge in [0.2, 0.25) is 5.91 Å². The fourth-order valence-electron chi connectivity index (χ4n) is 3.54. The van der Waals surface area contributed by atoms with Gasteiger partial charge in [0.05, 0.1) is 19.3 Å². The Kier molecular flexibility index (Phi) is 7.63. The minimum absolute atomic E-state index is 0.00803. The maximum atomic E-state index is 12.7. The van der Waals surface area contributed by atoms with E-state index < -0.39 is 0 Å². The average molecular weight is 381 g/mol. The molecule has 1 heterocycles. The molecular formula is C24H32N2O2. The zero-order chi connectivity index (χ0) is 19.8. The molecule has 0 spiro atoms. The van der Waals surface area contributed by atoms with Crippen molar-refractivity contribution in [2.75, 3.05) is 32.8 Å². The molecule has 0 bridgehead atoms. The highest BCUT2D eigenvalue weighted by molar-refractivity contribution is 5.76. The summed E-state index contributed by atoms with van der Waals surface area (Å²) in [6, 6.07) is 17.1. The number of amides is 1. The lowest BCUT2D eigenvalue weighted by Gasteiger charge is -2.31. The second kappa shape index (κ2) is 10.4. The number of aryl methyl sites for hydroxylation is 3. The lowest BCUT2D eigenvalue weighted by molar-refractivity contribution is -0.122. The summed E-state index contributed by atoms with van der Waals surface area (Å²) in [7, 11) is 0. The van der Waals surface area contributed by atoms with Crippen molar-refractivity contribution >= 4 is 5.91 Å². The molecule has 1 amide bonds. The Balaban J connectivity index is 1.60. The number of hydrogen-bond acceptors (Lipinski definition) is 3. The lowest BCUT2D eigenvalue weighted by atomic mass is 10.0. The Morgan fingerprint density at radius 2 is 1.68 bits per heavy atom. The van der Waals surface area contributed by atoms with Crippen molar-refractivity contribution < 1.29 is 9.53 Å². The number of morpholine rings is 1. The van der Waals surface area contributed by atoms with E-state index in [9.17, 15) is 4.79 Å². The Labute approximate surface area is 168 Å². The molecular weight excluding hydrogens is 348 g/mol. The zero-order valence-electron chi connectivity index (χ0n) is 17.1. The maximum absolute atomic E-state index is 12.7. The monoisotopic (exact) mass is 380 g/mol. The van der Waals surface area contributed by atoms with Gasteiger partial charge in [-0.15, -0.1) is 0 Å². The first-order chi connectivity index (χ1) is 13.6. The van der Waals surface area contributed by atoms with Crippen LogP contribution in [0.3, 0.4) is 0 Å². The number of ether oxygens (including phenoxy) is 1. The van der Waals surface area contributed by atoms with E-state index in [0.717, 1.165) is 51.3 Å². The van der Waals surface area contributed by atoms with Gasteiger partial charge in [0, 0.05) is 26.1 Å². The highest BCUT2D eigenvalue weighted by atomic mass is 16.5. The van der Waals surface area contributed by atoms with E-state index in [2.05, 4.69) is 72.6 Å². The van der Waals surface area contributed by atoms with Crippen LogP contribution in [0.2, 0.25) is 0 Å². The minimum Gasteiger partial charge on any atom is -0.379 e. The van der Waals surface area contributed by atoms with Gasteiger partial charge in [-0.1, -0.05) is 61.0 Å². The summed E-state index contributed by atoms with van der Waals surface area (Å²) in [6.07, 6.45) is 2.32. The molecule has 2 aromatic carbocycles. The van der Waals surface area contributed by atoms with Gasteiger partial charge in [-0.25, -0.2) is 0 Å². The molecule has 0 aliphatic carbocycles. The summed E-state index contributed by atoms with van der Waals surface area (Å²) >= 11 is 0. The van der Waals surface area contributed by atoms with Crippen LogP contribution in [0.1, 0.15) is 41.6 Å². The molecule has 4 nitrogen and oxygen atoms in total. The van der Waals surface area contributed by atoms with Crippen molar-refractivity contribution in [3.8, 4) is 0 Å². The van der Waals surface area contributed by atoms with E-state index in [1.165, 1.54) is 16.7 Å². The van der Waals surface area contributed by atoms with E-state index in [-0.39, 0.29) is 11.9 Å². The Hall–Kier alpha value is -2.17. The molecule has 0 aromatic heterocycles. The number of carbonyl (C=O) groups excluding carboxylic acids is 1. The number of hydrogen-bond donors (Lipinski definition) is 1. The SMILES string of the molecule is CCc1ccc(CCC(=O)NC(CN2CCOCC2)c2ccc(C)cc2)cc1. The molecule has 1 N–H and O–H groups in total. The zero-order valence-corrected chi connectivity index (χ0v) is 17.1. The predicted octanol–water partition coefficient (Wildman–Crippen LogP) is 3.68. The third-order valence-corrected chi connectivity index (χ3v) is 5.43. The van der Waals surface area contributed by atoms with Crippen LogP contribution in [0.25, 0.3) is 0 Å². The topological polar surface area (TPSA) is 41.6 Å². The van der Waals surface area contributed by atoms with Crippen LogP contribution in [0.5, 0.6) is 0 Å². The van der Waals surface area contributed by atoms with E-state index in [1.807, 2.05) is 0 Å². The second-order valence-electron chi connectivity index (χ2n) is 7.61. The van der Waals surface area contributed by atoms with Crippen molar-refractivity contribution in [1.82, 2.24) is 10.2 Å². The van der Waals surface area contributed by atoms with Gasteiger partial charge in [-0.2, -0.15) is 0 Å². The van der Waals surface area contributed by atoms with Gasteiger partial charge in [0.25, 0.3) is 0 Å². The number of carbonyl (C=O) groups is 1. The van der Waals surface area contributed by atoms with Gasteiger partial charge in [0.15, 0.2) is 0 Å². The molecule has 4 heteroatoms. The fraction of sp³-hybridized carbons (Fsp3) is 0.458. The fourth-order valence-corrected chi connectivity index (χ4v) is 3.54. The van der Waals surface area contributed by atoms with Crippen molar-refractivity contribution in [3.05, 3.63) is 70.8 Å². The quantitative estimate of drug-likeness (QED) is 0.760. The highest BCUT2D eigenvalue weighted by Crippen LogP contribution is 2.17. The van der Waals surface area contributed by atoms with Crippen molar-refractivity contribution in [2.24, 2.45) is 0 Å². The van der Waals surface area contributed by atoms with Gasteiger partial charge >= 0.3 is 0 Å². The van der Waals surface area contributed by atoms with Crippen molar-refractivity contribution in [2.45, 2.75) is 39.2 Å². The summed E-state index contributed by atoms with van der Waals surface area (Å²) in [6.45, 7) is 8.43. The predicted molar refractivity (Wildman–Crippen MR) is 113 cm³/mol.